The lowest BCUT2D eigenvalue weighted by Crippen LogP contribution is -2.23. The molecule has 2 heteroatoms. The van der Waals surface area contributed by atoms with Crippen molar-refractivity contribution < 1.29 is 9.53 Å². The molecule has 0 aliphatic heterocycles. The molecule has 0 amide bonds. The number of hydrogen-bond donors (Lipinski definition) is 0. The summed E-state index contributed by atoms with van der Waals surface area (Å²) in [5, 5.41) is 0. The normalized spacial score (nSPS) is 16.9. The number of benzene rings is 1. The Morgan fingerprint density at radius 3 is 2.41 bits per heavy atom. The molecule has 0 saturated heterocycles. The van der Waals surface area contributed by atoms with Crippen molar-refractivity contribution in [2.45, 2.75) is 71.3 Å². The fourth-order valence-electron chi connectivity index (χ4n) is 2.85. The lowest BCUT2D eigenvalue weighted by molar-refractivity contribution is -0.151. The maximum Gasteiger partial charge on any atom is 0.313 e. The van der Waals surface area contributed by atoms with Gasteiger partial charge in [-0.15, -0.1) is 0 Å². The van der Waals surface area contributed by atoms with Gasteiger partial charge in [-0.25, -0.2) is 0 Å². The number of allylic oxidation sites excluding steroid dienone is 2. The Hall–Kier alpha value is -1.57. The molecule has 0 spiro atoms. The highest BCUT2D eigenvalue weighted by Crippen LogP contribution is 2.24. The molecule has 1 aromatic rings. The van der Waals surface area contributed by atoms with Gasteiger partial charge < -0.3 is 4.74 Å². The van der Waals surface area contributed by atoms with Crippen molar-refractivity contribution in [1.82, 2.24) is 0 Å². The summed E-state index contributed by atoms with van der Waals surface area (Å²) in [5.74, 6) is -0.261. The molecule has 120 valence electrons. The summed E-state index contributed by atoms with van der Waals surface area (Å²) >= 11 is 0. The third-order valence-corrected chi connectivity index (χ3v) is 4.41. The summed E-state index contributed by atoms with van der Waals surface area (Å²) in [7, 11) is 0. The molecular formula is C20H28O2. The molecule has 1 aliphatic carbocycles. The number of carbonyl (C=O) groups is 1. The Bertz CT molecular complexity index is 503. The van der Waals surface area contributed by atoms with Crippen LogP contribution >= 0.6 is 0 Å². The minimum Gasteiger partial charge on any atom is -0.462 e. The maximum absolute atomic E-state index is 12.3. The van der Waals surface area contributed by atoms with Crippen LogP contribution in [0.3, 0.4) is 0 Å². The monoisotopic (exact) mass is 300 g/mol. The van der Waals surface area contributed by atoms with E-state index in [9.17, 15) is 4.79 Å². The van der Waals surface area contributed by atoms with E-state index in [-0.39, 0.29) is 18.0 Å². The van der Waals surface area contributed by atoms with Crippen LogP contribution in [0.4, 0.5) is 0 Å². The Morgan fingerprint density at radius 2 is 1.82 bits per heavy atom. The Labute approximate surface area is 134 Å². The molecule has 0 heterocycles. The van der Waals surface area contributed by atoms with E-state index in [1.807, 2.05) is 6.92 Å². The Balaban J connectivity index is 1.92. The number of hydrogen-bond acceptors (Lipinski definition) is 2. The zero-order chi connectivity index (χ0) is 15.9. The van der Waals surface area contributed by atoms with Gasteiger partial charge in [0.25, 0.3) is 0 Å². The van der Waals surface area contributed by atoms with E-state index in [2.05, 4.69) is 44.2 Å². The number of carbonyl (C=O) groups excluding carboxylic acids is 1. The van der Waals surface area contributed by atoms with E-state index in [1.165, 1.54) is 30.4 Å². The SMILES string of the molecule is CC(C)=CCc1ccc(C(C)C(=O)OC2CCCCC2)cc1. The van der Waals surface area contributed by atoms with E-state index in [4.69, 9.17) is 4.74 Å². The molecule has 1 saturated carbocycles. The van der Waals surface area contributed by atoms with Gasteiger partial charge in [-0.05, 0) is 64.0 Å². The second-order valence-corrected chi connectivity index (χ2v) is 6.65. The topological polar surface area (TPSA) is 26.3 Å². The van der Waals surface area contributed by atoms with Gasteiger partial charge >= 0.3 is 5.97 Å². The fraction of sp³-hybridized carbons (Fsp3) is 0.550. The smallest absolute Gasteiger partial charge is 0.313 e. The molecule has 1 aliphatic rings. The average molecular weight is 300 g/mol. The molecule has 1 atom stereocenters. The molecule has 0 N–H and O–H groups in total. The standard InChI is InChI=1S/C20H28O2/c1-15(2)9-10-17-11-13-18(14-12-17)16(3)20(21)22-19-7-5-4-6-8-19/h9,11-14,16,19H,4-8,10H2,1-3H3. The summed E-state index contributed by atoms with van der Waals surface area (Å²) in [6.07, 6.45) is 9.01. The zero-order valence-corrected chi connectivity index (χ0v) is 14.1. The third kappa shape index (κ3) is 5.01. The van der Waals surface area contributed by atoms with E-state index in [0.717, 1.165) is 24.8 Å². The van der Waals surface area contributed by atoms with Gasteiger partial charge in [-0.3, -0.25) is 4.79 Å². The highest BCUT2D eigenvalue weighted by molar-refractivity contribution is 5.77. The Morgan fingerprint density at radius 1 is 1.18 bits per heavy atom. The third-order valence-electron chi connectivity index (χ3n) is 4.41. The minimum absolute atomic E-state index is 0.0797. The van der Waals surface area contributed by atoms with Gasteiger partial charge in [-0.2, -0.15) is 0 Å². The summed E-state index contributed by atoms with van der Waals surface area (Å²) in [5.41, 5.74) is 3.65. The van der Waals surface area contributed by atoms with Gasteiger partial charge in [0.1, 0.15) is 6.10 Å². The number of rotatable bonds is 5. The number of esters is 1. The molecule has 0 bridgehead atoms. The predicted molar refractivity (Wildman–Crippen MR) is 91.0 cm³/mol. The molecule has 1 unspecified atom stereocenters. The van der Waals surface area contributed by atoms with Crippen molar-refractivity contribution in [3.63, 3.8) is 0 Å². The van der Waals surface area contributed by atoms with Gasteiger partial charge in [0.2, 0.25) is 0 Å². The fourth-order valence-corrected chi connectivity index (χ4v) is 2.85. The van der Waals surface area contributed by atoms with Crippen LogP contribution in [0.15, 0.2) is 35.9 Å². The van der Waals surface area contributed by atoms with Crippen LogP contribution in [0.2, 0.25) is 0 Å². The highest BCUT2D eigenvalue weighted by atomic mass is 16.5. The molecule has 0 aromatic heterocycles. The molecule has 1 aromatic carbocycles. The van der Waals surface area contributed by atoms with E-state index in [1.54, 1.807) is 0 Å². The first-order valence-electron chi connectivity index (χ1n) is 8.49. The molecule has 1 fully saturated rings. The van der Waals surface area contributed by atoms with E-state index in [0.29, 0.717) is 0 Å². The first-order valence-corrected chi connectivity index (χ1v) is 8.49. The van der Waals surface area contributed by atoms with E-state index >= 15 is 0 Å². The summed E-state index contributed by atoms with van der Waals surface area (Å²) in [4.78, 5) is 12.3. The first kappa shape index (κ1) is 16.8. The van der Waals surface area contributed by atoms with Crippen LogP contribution in [-0.4, -0.2) is 12.1 Å². The second kappa shape index (κ2) is 8.17. The van der Waals surface area contributed by atoms with Gasteiger partial charge in [-0.1, -0.05) is 42.3 Å². The maximum atomic E-state index is 12.3. The minimum atomic E-state index is -0.181. The van der Waals surface area contributed by atoms with Crippen molar-refractivity contribution in [2.75, 3.05) is 0 Å². The quantitative estimate of drug-likeness (QED) is 0.553. The summed E-state index contributed by atoms with van der Waals surface area (Å²) in [6.45, 7) is 6.16. The van der Waals surface area contributed by atoms with Gasteiger partial charge in [0.05, 0.1) is 5.92 Å². The Kier molecular flexibility index (Phi) is 6.23. The van der Waals surface area contributed by atoms with Crippen molar-refractivity contribution in [2.24, 2.45) is 0 Å². The van der Waals surface area contributed by atoms with Crippen molar-refractivity contribution in [3.8, 4) is 0 Å². The second-order valence-electron chi connectivity index (χ2n) is 6.65. The predicted octanol–water partition coefficient (Wildman–Crippen LogP) is 5.17. The van der Waals surface area contributed by atoms with E-state index < -0.39 is 0 Å². The van der Waals surface area contributed by atoms with Crippen LogP contribution in [0.5, 0.6) is 0 Å². The summed E-state index contributed by atoms with van der Waals surface area (Å²) in [6, 6.07) is 8.33. The lowest BCUT2D eigenvalue weighted by atomic mass is 9.96. The van der Waals surface area contributed by atoms with Gasteiger partial charge in [0, 0.05) is 0 Å². The number of ether oxygens (including phenoxy) is 1. The molecule has 2 rings (SSSR count). The van der Waals surface area contributed by atoms with Gasteiger partial charge in [0.15, 0.2) is 0 Å². The largest absolute Gasteiger partial charge is 0.462 e. The van der Waals surface area contributed by atoms with Crippen molar-refractivity contribution in [3.05, 3.63) is 47.0 Å². The van der Waals surface area contributed by atoms with Crippen molar-refractivity contribution >= 4 is 5.97 Å². The van der Waals surface area contributed by atoms with Crippen LogP contribution < -0.4 is 0 Å². The molecule has 22 heavy (non-hydrogen) atoms. The average Bonchev–Trinajstić information content (AvgIpc) is 2.53. The first-order chi connectivity index (χ1) is 10.6. The van der Waals surface area contributed by atoms with Crippen LogP contribution in [0, 0.1) is 0 Å². The molecule has 0 radical (unpaired) electrons. The van der Waals surface area contributed by atoms with Crippen molar-refractivity contribution in [1.29, 1.82) is 0 Å². The lowest BCUT2D eigenvalue weighted by Gasteiger charge is -2.23. The van der Waals surface area contributed by atoms with Crippen LogP contribution in [0.1, 0.15) is 69.9 Å². The highest BCUT2D eigenvalue weighted by Gasteiger charge is 2.22. The van der Waals surface area contributed by atoms with Crippen LogP contribution in [0.25, 0.3) is 0 Å². The molecule has 2 nitrogen and oxygen atoms in total. The zero-order valence-electron chi connectivity index (χ0n) is 14.1. The summed E-state index contributed by atoms with van der Waals surface area (Å²) < 4.78 is 5.67. The molecular weight excluding hydrogens is 272 g/mol. The van der Waals surface area contributed by atoms with Crippen LogP contribution in [-0.2, 0) is 16.0 Å².